The number of rotatable bonds is 9. The molecule has 4 N–H and O–H groups in total. The van der Waals surface area contributed by atoms with Gasteiger partial charge in [-0.3, -0.25) is 14.4 Å². The Morgan fingerprint density at radius 3 is 2.43 bits per heavy atom. The Kier molecular flexibility index (Phi) is 9.03. The Balaban J connectivity index is 1.36. The van der Waals surface area contributed by atoms with Crippen molar-refractivity contribution in [2.24, 2.45) is 0 Å². The van der Waals surface area contributed by atoms with Crippen molar-refractivity contribution in [2.75, 3.05) is 5.88 Å². The molecule has 1 fully saturated rings. The highest BCUT2D eigenvalue weighted by molar-refractivity contribution is 8.00. The largest absolute Gasteiger partial charge is 0.508 e. The van der Waals surface area contributed by atoms with Crippen LogP contribution in [0.25, 0.3) is 11.0 Å². The number of carbonyl (C=O) groups is 3. The number of furan rings is 1. The summed E-state index contributed by atoms with van der Waals surface area (Å²) in [6.07, 6.45) is -1.47. The number of aliphatic hydroxyl groups is 1. The van der Waals surface area contributed by atoms with Crippen molar-refractivity contribution in [3.05, 3.63) is 101 Å². The number of thioether (sulfide) groups is 1. The topological polar surface area (TPSA) is 132 Å². The zero-order valence-corrected chi connectivity index (χ0v) is 26.0. The number of phenols is 1. The van der Waals surface area contributed by atoms with Gasteiger partial charge in [-0.15, -0.1) is 11.8 Å². The molecule has 0 unspecified atom stereocenters. The number of aliphatic hydroxyl groups excluding tert-OH is 1. The van der Waals surface area contributed by atoms with E-state index in [0.717, 1.165) is 22.1 Å². The first-order valence-electron chi connectivity index (χ1n) is 14.5. The first-order chi connectivity index (χ1) is 21.0. The molecule has 44 heavy (non-hydrogen) atoms. The third-order valence-electron chi connectivity index (χ3n) is 8.24. The number of phenolic OH excluding ortho intramolecular Hbond substituents is 1. The molecular formula is C34H37N3O6S. The van der Waals surface area contributed by atoms with Crippen LogP contribution in [0.1, 0.15) is 46.7 Å². The summed E-state index contributed by atoms with van der Waals surface area (Å²) < 4.78 is 5.32. The number of carbonyl (C=O) groups excluding carboxylic acids is 3. The van der Waals surface area contributed by atoms with Gasteiger partial charge in [0.05, 0.1) is 18.5 Å². The minimum absolute atomic E-state index is 0.0306. The summed E-state index contributed by atoms with van der Waals surface area (Å²) in [5.74, 6) is -0.748. The number of aryl methyl sites for hydroxylation is 1. The minimum atomic E-state index is -1.64. The fraction of sp³-hybridized carbons (Fsp3) is 0.324. The first kappa shape index (κ1) is 31.2. The lowest BCUT2D eigenvalue weighted by atomic mass is 9.96. The normalized spacial score (nSPS) is 17.3. The molecule has 0 saturated carbocycles. The second-order valence-corrected chi connectivity index (χ2v) is 13.2. The molecule has 10 heteroatoms. The Hall–Kier alpha value is -4.28. The molecule has 5 rings (SSSR count). The molecule has 9 nitrogen and oxygen atoms in total. The van der Waals surface area contributed by atoms with Crippen LogP contribution in [0.2, 0.25) is 0 Å². The molecule has 0 radical (unpaired) electrons. The molecule has 230 valence electrons. The molecule has 0 aliphatic carbocycles. The van der Waals surface area contributed by atoms with Gasteiger partial charge in [0.1, 0.15) is 23.1 Å². The molecule has 1 aliphatic rings. The maximum absolute atomic E-state index is 13.9. The molecular weight excluding hydrogens is 578 g/mol. The average molecular weight is 616 g/mol. The van der Waals surface area contributed by atoms with Gasteiger partial charge in [-0.2, -0.15) is 0 Å². The molecule has 1 aliphatic heterocycles. The molecule has 2 heterocycles. The maximum atomic E-state index is 13.9. The number of nitrogens with one attached hydrogen (secondary N) is 2. The highest BCUT2D eigenvalue weighted by atomic mass is 32.2. The highest BCUT2D eigenvalue weighted by Gasteiger charge is 2.49. The van der Waals surface area contributed by atoms with Gasteiger partial charge in [0, 0.05) is 26.8 Å². The Labute approximate surface area is 260 Å². The number of aromatic hydroxyl groups is 1. The van der Waals surface area contributed by atoms with Crippen molar-refractivity contribution in [2.45, 2.75) is 63.6 Å². The van der Waals surface area contributed by atoms with E-state index in [1.165, 1.54) is 22.7 Å². The zero-order chi connectivity index (χ0) is 31.6. The van der Waals surface area contributed by atoms with Gasteiger partial charge in [0.25, 0.3) is 11.8 Å². The molecule has 3 amide bonds. The highest BCUT2D eigenvalue weighted by Crippen LogP contribution is 2.40. The number of nitrogens with zero attached hydrogens (tertiary/aromatic N) is 1. The van der Waals surface area contributed by atoms with E-state index in [4.69, 9.17) is 4.42 Å². The van der Waals surface area contributed by atoms with Crippen LogP contribution in [0, 0.1) is 13.8 Å². The van der Waals surface area contributed by atoms with Crippen molar-refractivity contribution in [3.8, 4) is 5.75 Å². The predicted molar refractivity (Wildman–Crippen MR) is 170 cm³/mol. The van der Waals surface area contributed by atoms with Crippen LogP contribution in [0.15, 0.2) is 77.2 Å². The number of hydrogen-bond donors (Lipinski definition) is 4. The first-order valence-corrected chi connectivity index (χ1v) is 15.5. The third-order valence-corrected chi connectivity index (χ3v) is 9.62. The summed E-state index contributed by atoms with van der Waals surface area (Å²) in [5, 5.41) is 28.4. The number of amides is 3. The van der Waals surface area contributed by atoms with E-state index in [1.54, 1.807) is 19.1 Å². The van der Waals surface area contributed by atoms with E-state index in [2.05, 4.69) is 10.6 Å². The fourth-order valence-corrected chi connectivity index (χ4v) is 6.78. The number of benzene rings is 3. The van der Waals surface area contributed by atoms with Crippen LogP contribution < -0.4 is 10.6 Å². The van der Waals surface area contributed by atoms with E-state index < -0.39 is 34.7 Å². The minimum Gasteiger partial charge on any atom is -0.508 e. The summed E-state index contributed by atoms with van der Waals surface area (Å²) in [4.78, 5) is 42.3. The van der Waals surface area contributed by atoms with E-state index in [0.29, 0.717) is 11.3 Å². The second kappa shape index (κ2) is 12.8. The smallest absolute Gasteiger partial charge is 0.254 e. The van der Waals surface area contributed by atoms with E-state index in [9.17, 15) is 24.6 Å². The van der Waals surface area contributed by atoms with Crippen molar-refractivity contribution >= 4 is 40.5 Å². The summed E-state index contributed by atoms with van der Waals surface area (Å²) >= 11 is 1.44. The lowest BCUT2D eigenvalue weighted by Gasteiger charge is -2.33. The molecule has 1 saturated heterocycles. The zero-order valence-electron chi connectivity index (χ0n) is 25.2. The van der Waals surface area contributed by atoms with Crippen LogP contribution >= 0.6 is 11.8 Å². The molecule has 4 aromatic rings. The van der Waals surface area contributed by atoms with Gasteiger partial charge in [0.2, 0.25) is 5.91 Å². The lowest BCUT2D eigenvalue weighted by Crippen LogP contribution is -2.58. The average Bonchev–Trinajstić information content (AvgIpc) is 3.51. The van der Waals surface area contributed by atoms with E-state index in [-0.39, 0.29) is 36.1 Å². The maximum Gasteiger partial charge on any atom is 0.254 e. The van der Waals surface area contributed by atoms with E-state index in [1.807, 2.05) is 75.4 Å². The van der Waals surface area contributed by atoms with Gasteiger partial charge in [0.15, 0.2) is 6.10 Å². The van der Waals surface area contributed by atoms with E-state index >= 15 is 0 Å². The van der Waals surface area contributed by atoms with Crippen molar-refractivity contribution < 1.29 is 29.0 Å². The van der Waals surface area contributed by atoms with Crippen molar-refractivity contribution in [1.82, 2.24) is 15.5 Å². The molecule has 1 aromatic heterocycles. The standard InChI is InChI=1S/C34H37N3O6S/c1-20-24(14-10-15-26(20)38)31(40)36-25(17-22-11-6-5-7-12-22)29(39)33(42)37-19-44-34(3,4)30(37)32(41)35-18-28-21(2)23-13-8-9-16-27(23)43-28/h5-16,25,29-30,38-39H,17-19H2,1-4H3,(H,35,41)(H,36,40)/t25-,29-,30+/m0/s1. The van der Waals surface area contributed by atoms with Crippen LogP contribution in [-0.4, -0.2) is 61.6 Å². The molecule has 0 bridgehead atoms. The monoisotopic (exact) mass is 615 g/mol. The summed E-state index contributed by atoms with van der Waals surface area (Å²) in [5.41, 5.74) is 3.10. The quantitative estimate of drug-likeness (QED) is 0.219. The SMILES string of the molecule is Cc1c(O)cccc1C(=O)N[C@@H](Cc1ccccc1)[C@H](O)C(=O)N1CSC(C)(C)[C@H]1C(=O)NCc1oc2ccccc2c1C. The van der Waals surface area contributed by atoms with Gasteiger partial charge in [-0.25, -0.2) is 0 Å². The third kappa shape index (κ3) is 6.32. The van der Waals surface area contributed by atoms with Crippen LogP contribution in [0.4, 0.5) is 0 Å². The molecule has 3 aromatic carbocycles. The Morgan fingerprint density at radius 2 is 1.70 bits per heavy atom. The van der Waals surface area contributed by atoms with Gasteiger partial charge < -0.3 is 30.2 Å². The van der Waals surface area contributed by atoms with Crippen LogP contribution in [-0.2, 0) is 22.6 Å². The lowest BCUT2D eigenvalue weighted by molar-refractivity contribution is -0.147. The molecule has 0 spiro atoms. The Bertz CT molecular complexity index is 1690. The van der Waals surface area contributed by atoms with Gasteiger partial charge >= 0.3 is 0 Å². The van der Waals surface area contributed by atoms with Crippen molar-refractivity contribution in [1.29, 1.82) is 0 Å². The number of para-hydroxylation sites is 1. The van der Waals surface area contributed by atoms with Gasteiger partial charge in [-0.1, -0.05) is 54.6 Å². The van der Waals surface area contributed by atoms with Gasteiger partial charge in [-0.05, 0) is 57.9 Å². The number of fused-ring (bicyclic) bond motifs is 1. The predicted octanol–water partition coefficient (Wildman–Crippen LogP) is 4.45. The van der Waals surface area contributed by atoms with Crippen molar-refractivity contribution in [3.63, 3.8) is 0 Å². The fourth-order valence-electron chi connectivity index (χ4n) is 5.64. The summed E-state index contributed by atoms with van der Waals surface area (Å²) in [7, 11) is 0. The number of hydrogen-bond acceptors (Lipinski definition) is 7. The Morgan fingerprint density at radius 1 is 1.00 bits per heavy atom. The van der Waals surface area contributed by atoms with Crippen LogP contribution in [0.5, 0.6) is 5.75 Å². The van der Waals surface area contributed by atoms with Crippen LogP contribution in [0.3, 0.4) is 0 Å². The summed E-state index contributed by atoms with van der Waals surface area (Å²) in [6.45, 7) is 7.49. The summed E-state index contributed by atoms with van der Waals surface area (Å²) in [6, 6.07) is 19.6. The molecule has 3 atom stereocenters. The second-order valence-electron chi connectivity index (χ2n) is 11.6.